The summed E-state index contributed by atoms with van der Waals surface area (Å²) in [7, 11) is 0. The van der Waals surface area contributed by atoms with Crippen LogP contribution in [0.5, 0.6) is 0 Å². The summed E-state index contributed by atoms with van der Waals surface area (Å²) in [5.41, 5.74) is 0.773. The van der Waals surface area contributed by atoms with Crippen LogP contribution in [0.25, 0.3) is 11.7 Å². The molecule has 112 valence electrons. The molecule has 0 radical (unpaired) electrons. The molecule has 1 amide bonds. The molecule has 2 heterocycles. The maximum atomic E-state index is 11.0. The number of thioether (sulfide) groups is 1. The minimum Gasteiger partial charge on any atom is -0.459 e. The third-order valence-electron chi connectivity index (χ3n) is 2.74. The van der Waals surface area contributed by atoms with Crippen LogP contribution < -0.4 is 5.32 Å². The van der Waals surface area contributed by atoms with Gasteiger partial charge >= 0.3 is 0 Å². The number of hydrogen-bond donors (Lipinski definition) is 1. The highest BCUT2D eigenvalue weighted by atomic mass is 32.2. The van der Waals surface area contributed by atoms with E-state index in [2.05, 4.69) is 15.5 Å². The Morgan fingerprint density at radius 2 is 2.05 bits per heavy atom. The van der Waals surface area contributed by atoms with Crippen LogP contribution in [0.1, 0.15) is 12.8 Å². The van der Waals surface area contributed by atoms with Crippen LogP contribution >= 0.6 is 11.8 Å². The Morgan fingerprint density at radius 3 is 2.73 bits per heavy atom. The Labute approximate surface area is 130 Å². The number of carbonyl (C=O) groups excluding carboxylic acids is 1. The minimum absolute atomic E-state index is 0.0864. The summed E-state index contributed by atoms with van der Waals surface area (Å²) in [5, 5.41) is 10.7. The van der Waals surface area contributed by atoms with Crippen LogP contribution in [0.4, 0.5) is 5.69 Å². The van der Waals surface area contributed by atoms with Gasteiger partial charge in [-0.1, -0.05) is 0 Å². The molecule has 22 heavy (non-hydrogen) atoms. The molecule has 0 saturated carbocycles. The predicted molar refractivity (Wildman–Crippen MR) is 82.3 cm³/mol. The standard InChI is InChI=1S/C15H13N3O3S/c1-10(19)16-11-4-6-12(7-5-11)22-9-14-17-18-15(21-14)13-3-2-8-20-13/h2-8H,9H2,1H3,(H,16,19). The van der Waals surface area contributed by atoms with Gasteiger partial charge < -0.3 is 14.2 Å². The van der Waals surface area contributed by atoms with Gasteiger partial charge in [-0.3, -0.25) is 4.79 Å². The first-order valence-corrected chi connectivity index (χ1v) is 7.56. The first-order valence-electron chi connectivity index (χ1n) is 6.57. The van der Waals surface area contributed by atoms with Crippen molar-refractivity contribution in [3.63, 3.8) is 0 Å². The van der Waals surface area contributed by atoms with Gasteiger partial charge in [0.1, 0.15) is 0 Å². The van der Waals surface area contributed by atoms with Gasteiger partial charge in [-0.2, -0.15) is 0 Å². The van der Waals surface area contributed by atoms with Gasteiger partial charge in [-0.25, -0.2) is 0 Å². The molecule has 7 heteroatoms. The molecule has 0 atom stereocenters. The SMILES string of the molecule is CC(=O)Nc1ccc(SCc2nnc(-c3ccco3)o2)cc1. The summed E-state index contributed by atoms with van der Waals surface area (Å²) in [6, 6.07) is 11.1. The van der Waals surface area contributed by atoms with Crippen molar-refractivity contribution >= 4 is 23.4 Å². The van der Waals surface area contributed by atoms with E-state index in [0.717, 1.165) is 10.6 Å². The second kappa shape index (κ2) is 6.48. The molecule has 1 aromatic carbocycles. The molecule has 0 saturated heterocycles. The second-order valence-corrected chi connectivity index (χ2v) is 5.52. The van der Waals surface area contributed by atoms with Gasteiger partial charge in [0.25, 0.3) is 5.89 Å². The molecule has 0 aliphatic rings. The lowest BCUT2D eigenvalue weighted by Gasteiger charge is -2.03. The van der Waals surface area contributed by atoms with E-state index in [-0.39, 0.29) is 5.91 Å². The van der Waals surface area contributed by atoms with Crippen LogP contribution in [-0.2, 0) is 10.5 Å². The number of hydrogen-bond acceptors (Lipinski definition) is 6. The zero-order chi connectivity index (χ0) is 15.4. The summed E-state index contributed by atoms with van der Waals surface area (Å²) in [6.07, 6.45) is 1.56. The van der Waals surface area contributed by atoms with Gasteiger partial charge in [-0.05, 0) is 36.4 Å². The smallest absolute Gasteiger partial charge is 0.283 e. The molecule has 0 aliphatic heterocycles. The number of carbonyl (C=O) groups is 1. The topological polar surface area (TPSA) is 81.2 Å². The van der Waals surface area contributed by atoms with E-state index in [1.165, 1.54) is 6.92 Å². The van der Waals surface area contributed by atoms with Crippen molar-refractivity contribution in [2.45, 2.75) is 17.6 Å². The van der Waals surface area contributed by atoms with E-state index in [0.29, 0.717) is 23.3 Å². The quantitative estimate of drug-likeness (QED) is 0.725. The number of amides is 1. The van der Waals surface area contributed by atoms with Crippen LogP contribution in [0, 0.1) is 0 Å². The van der Waals surface area contributed by atoms with Gasteiger partial charge in [0.15, 0.2) is 5.76 Å². The number of aromatic nitrogens is 2. The fourth-order valence-electron chi connectivity index (χ4n) is 1.79. The third-order valence-corrected chi connectivity index (χ3v) is 3.73. The second-order valence-electron chi connectivity index (χ2n) is 4.47. The fourth-order valence-corrected chi connectivity index (χ4v) is 2.53. The molecule has 0 fully saturated rings. The molecule has 1 N–H and O–H groups in total. The van der Waals surface area contributed by atoms with Crippen LogP contribution in [0.3, 0.4) is 0 Å². The summed E-state index contributed by atoms with van der Waals surface area (Å²) in [6.45, 7) is 1.48. The average molecular weight is 315 g/mol. The summed E-state index contributed by atoms with van der Waals surface area (Å²) >= 11 is 1.57. The maximum Gasteiger partial charge on any atom is 0.283 e. The maximum absolute atomic E-state index is 11.0. The summed E-state index contributed by atoms with van der Waals surface area (Å²) in [4.78, 5) is 12.0. The normalized spacial score (nSPS) is 10.6. The first-order chi connectivity index (χ1) is 10.7. The summed E-state index contributed by atoms with van der Waals surface area (Å²) < 4.78 is 10.7. The molecular weight excluding hydrogens is 302 g/mol. The van der Waals surface area contributed by atoms with E-state index in [9.17, 15) is 4.79 Å². The third kappa shape index (κ3) is 3.56. The molecule has 3 aromatic rings. The molecule has 0 spiro atoms. The highest BCUT2D eigenvalue weighted by Gasteiger charge is 2.10. The van der Waals surface area contributed by atoms with Crippen molar-refractivity contribution in [1.82, 2.24) is 10.2 Å². The zero-order valence-electron chi connectivity index (χ0n) is 11.8. The van der Waals surface area contributed by atoms with E-state index >= 15 is 0 Å². The highest BCUT2D eigenvalue weighted by Crippen LogP contribution is 2.25. The monoisotopic (exact) mass is 315 g/mol. The molecule has 3 rings (SSSR count). The van der Waals surface area contributed by atoms with Crippen molar-refractivity contribution in [3.8, 4) is 11.7 Å². The fraction of sp³-hybridized carbons (Fsp3) is 0.133. The van der Waals surface area contributed by atoms with E-state index in [1.54, 1.807) is 30.2 Å². The molecule has 0 unspecified atom stereocenters. The van der Waals surface area contributed by atoms with E-state index in [1.807, 2.05) is 24.3 Å². The minimum atomic E-state index is -0.0864. The van der Waals surface area contributed by atoms with Crippen LogP contribution in [0.2, 0.25) is 0 Å². The Bertz CT molecular complexity index is 751. The first kappa shape index (κ1) is 14.4. The number of benzene rings is 1. The van der Waals surface area contributed by atoms with Crippen molar-refractivity contribution in [1.29, 1.82) is 0 Å². The highest BCUT2D eigenvalue weighted by molar-refractivity contribution is 7.98. The van der Waals surface area contributed by atoms with Crippen LogP contribution in [-0.4, -0.2) is 16.1 Å². The number of nitrogens with zero attached hydrogens (tertiary/aromatic N) is 2. The van der Waals surface area contributed by atoms with Crippen LogP contribution in [0.15, 0.2) is 56.4 Å². The number of nitrogens with one attached hydrogen (secondary N) is 1. The van der Waals surface area contributed by atoms with E-state index < -0.39 is 0 Å². The molecular formula is C15H13N3O3S. The zero-order valence-corrected chi connectivity index (χ0v) is 12.6. The Kier molecular flexibility index (Phi) is 4.24. The van der Waals surface area contributed by atoms with Crippen molar-refractivity contribution in [2.75, 3.05) is 5.32 Å². The lowest BCUT2D eigenvalue weighted by atomic mass is 10.3. The summed E-state index contributed by atoms with van der Waals surface area (Å²) in [5.74, 6) is 1.94. The largest absolute Gasteiger partial charge is 0.459 e. The number of anilines is 1. The average Bonchev–Trinajstić information content (AvgIpc) is 3.17. The van der Waals surface area contributed by atoms with Crippen molar-refractivity contribution < 1.29 is 13.6 Å². The van der Waals surface area contributed by atoms with Gasteiger partial charge in [0, 0.05) is 17.5 Å². The lowest BCUT2D eigenvalue weighted by Crippen LogP contribution is -2.05. The van der Waals surface area contributed by atoms with E-state index in [4.69, 9.17) is 8.83 Å². The van der Waals surface area contributed by atoms with Crippen molar-refractivity contribution in [2.24, 2.45) is 0 Å². The Morgan fingerprint density at radius 1 is 1.23 bits per heavy atom. The molecule has 0 aliphatic carbocycles. The van der Waals surface area contributed by atoms with Gasteiger partial charge in [-0.15, -0.1) is 22.0 Å². The van der Waals surface area contributed by atoms with Gasteiger partial charge in [0.2, 0.25) is 11.8 Å². The lowest BCUT2D eigenvalue weighted by molar-refractivity contribution is -0.114. The molecule has 6 nitrogen and oxygen atoms in total. The molecule has 0 bridgehead atoms. The Hall–Kier alpha value is -2.54. The number of rotatable bonds is 5. The predicted octanol–water partition coefficient (Wildman–Crippen LogP) is 3.58. The van der Waals surface area contributed by atoms with Crippen molar-refractivity contribution in [3.05, 3.63) is 48.6 Å². The van der Waals surface area contributed by atoms with Gasteiger partial charge in [0.05, 0.1) is 12.0 Å². The molecule has 2 aromatic heterocycles. The number of furan rings is 1. The Balaban J connectivity index is 1.59.